The van der Waals surface area contributed by atoms with Crippen LogP contribution in [-0.2, 0) is 11.2 Å². The summed E-state index contributed by atoms with van der Waals surface area (Å²) in [6.07, 6.45) is 1.21. The van der Waals surface area contributed by atoms with E-state index in [4.69, 9.17) is 28.9 Å². The summed E-state index contributed by atoms with van der Waals surface area (Å²) < 4.78 is 1.80. The molecule has 0 spiro atoms. The van der Waals surface area contributed by atoms with Crippen LogP contribution < -0.4 is 5.73 Å². The normalized spacial score (nSPS) is 17.5. The van der Waals surface area contributed by atoms with Crippen molar-refractivity contribution in [2.24, 2.45) is 5.73 Å². The number of halogens is 2. The zero-order chi connectivity index (χ0) is 17.4. The maximum atomic E-state index is 12.5. The lowest BCUT2D eigenvalue weighted by molar-refractivity contribution is -0.129. The van der Waals surface area contributed by atoms with E-state index < -0.39 is 0 Å². The van der Waals surface area contributed by atoms with Crippen LogP contribution in [0.4, 0.5) is 0 Å². The quantitative estimate of drug-likeness (QED) is 0.907. The van der Waals surface area contributed by atoms with Crippen LogP contribution in [0.25, 0.3) is 5.69 Å². The molecule has 0 bridgehead atoms. The first-order valence-electron chi connectivity index (χ1n) is 7.90. The summed E-state index contributed by atoms with van der Waals surface area (Å²) in [6.45, 7) is 5.25. The van der Waals surface area contributed by atoms with Crippen molar-refractivity contribution in [3.05, 3.63) is 45.2 Å². The summed E-state index contributed by atoms with van der Waals surface area (Å²) in [6, 6.07) is 5.47. The predicted molar refractivity (Wildman–Crippen MR) is 95.9 cm³/mol. The number of carbonyl (C=O) groups excluding carboxylic acids is 1. The predicted octanol–water partition coefficient (Wildman–Crippen LogP) is 2.90. The minimum atomic E-state index is 0.0927. The van der Waals surface area contributed by atoms with Crippen LogP contribution in [0.1, 0.15) is 23.4 Å². The van der Waals surface area contributed by atoms with Gasteiger partial charge in [-0.3, -0.25) is 4.79 Å². The number of nitrogens with two attached hydrogens (primary N) is 1. The number of likely N-dealkylation sites (tertiary alicyclic amines) is 1. The summed E-state index contributed by atoms with van der Waals surface area (Å²) in [4.78, 5) is 14.3. The van der Waals surface area contributed by atoms with Crippen molar-refractivity contribution in [2.45, 2.75) is 32.7 Å². The number of hydrogen-bond donors (Lipinski definition) is 1. The van der Waals surface area contributed by atoms with Gasteiger partial charge in [0.1, 0.15) is 0 Å². The molecule has 1 aromatic carbocycles. The van der Waals surface area contributed by atoms with Gasteiger partial charge in [-0.1, -0.05) is 23.2 Å². The van der Waals surface area contributed by atoms with Gasteiger partial charge in [-0.15, -0.1) is 0 Å². The number of hydrogen-bond acceptors (Lipinski definition) is 3. The summed E-state index contributed by atoms with van der Waals surface area (Å²) in [5, 5.41) is 5.55. The number of aromatic nitrogens is 2. The van der Waals surface area contributed by atoms with E-state index in [1.54, 1.807) is 16.8 Å². The second-order valence-corrected chi connectivity index (χ2v) is 7.04. The monoisotopic (exact) mass is 366 g/mol. The molecule has 1 atom stereocenters. The van der Waals surface area contributed by atoms with Crippen molar-refractivity contribution in [1.82, 2.24) is 14.7 Å². The maximum absolute atomic E-state index is 12.5. The second kappa shape index (κ2) is 6.75. The number of aryl methyl sites for hydroxylation is 1. The first-order valence-corrected chi connectivity index (χ1v) is 8.66. The minimum Gasteiger partial charge on any atom is -0.341 e. The SMILES string of the molecule is Cc1nn(-c2ccc(Cl)c(Cl)c2)c(C)c1CC(=O)N1CC[C@@H](N)C1. The third kappa shape index (κ3) is 3.29. The number of carbonyl (C=O) groups is 1. The molecule has 1 aromatic heterocycles. The van der Waals surface area contributed by atoms with Gasteiger partial charge < -0.3 is 10.6 Å². The van der Waals surface area contributed by atoms with E-state index >= 15 is 0 Å². The lowest BCUT2D eigenvalue weighted by Crippen LogP contribution is -2.33. The fraction of sp³-hybridized carbons (Fsp3) is 0.412. The zero-order valence-electron chi connectivity index (χ0n) is 13.7. The smallest absolute Gasteiger partial charge is 0.227 e. The molecule has 1 aliphatic heterocycles. The topological polar surface area (TPSA) is 64.2 Å². The largest absolute Gasteiger partial charge is 0.341 e. The van der Waals surface area contributed by atoms with Crippen LogP contribution in [0.3, 0.4) is 0 Å². The number of nitrogens with zero attached hydrogens (tertiary/aromatic N) is 3. The Hall–Kier alpha value is -1.56. The standard InChI is InChI=1S/C17H20Cl2N4O/c1-10-14(8-17(24)22-6-5-12(20)9-22)11(2)23(21-10)13-3-4-15(18)16(19)7-13/h3-4,7,12H,5-6,8-9,20H2,1-2H3/t12-/m1/s1. The molecule has 0 saturated carbocycles. The number of amides is 1. The van der Waals surface area contributed by atoms with Crippen molar-refractivity contribution in [3.63, 3.8) is 0 Å². The van der Waals surface area contributed by atoms with E-state index in [0.29, 0.717) is 23.0 Å². The van der Waals surface area contributed by atoms with Gasteiger partial charge in [-0.25, -0.2) is 4.68 Å². The number of rotatable bonds is 3. The highest BCUT2D eigenvalue weighted by Gasteiger charge is 2.25. The van der Waals surface area contributed by atoms with E-state index in [1.807, 2.05) is 24.8 Å². The molecule has 1 aliphatic rings. The van der Waals surface area contributed by atoms with E-state index in [2.05, 4.69) is 5.10 Å². The van der Waals surface area contributed by atoms with Gasteiger partial charge in [0.05, 0.1) is 27.8 Å². The average Bonchev–Trinajstić information content (AvgIpc) is 3.09. The van der Waals surface area contributed by atoms with Gasteiger partial charge in [0, 0.05) is 30.4 Å². The molecule has 3 rings (SSSR count). The van der Waals surface area contributed by atoms with Crippen LogP contribution >= 0.6 is 23.2 Å². The van der Waals surface area contributed by atoms with Gasteiger partial charge in [-0.2, -0.15) is 5.10 Å². The van der Waals surface area contributed by atoms with E-state index in [-0.39, 0.29) is 11.9 Å². The Kier molecular flexibility index (Phi) is 4.85. The molecule has 5 nitrogen and oxygen atoms in total. The van der Waals surface area contributed by atoms with Gasteiger partial charge in [0.25, 0.3) is 0 Å². The summed E-state index contributed by atoms with van der Waals surface area (Å²) in [7, 11) is 0. The molecule has 7 heteroatoms. The molecule has 24 heavy (non-hydrogen) atoms. The Morgan fingerprint density at radius 3 is 2.71 bits per heavy atom. The molecular weight excluding hydrogens is 347 g/mol. The third-order valence-electron chi connectivity index (χ3n) is 4.49. The molecule has 0 radical (unpaired) electrons. The molecule has 128 valence electrons. The molecule has 2 N–H and O–H groups in total. The van der Waals surface area contributed by atoms with Gasteiger partial charge in [0.15, 0.2) is 0 Å². The fourth-order valence-electron chi connectivity index (χ4n) is 3.08. The van der Waals surface area contributed by atoms with Crippen LogP contribution in [0, 0.1) is 13.8 Å². The molecule has 1 amide bonds. The van der Waals surface area contributed by atoms with Crippen molar-refractivity contribution >= 4 is 29.1 Å². The van der Waals surface area contributed by atoms with Crippen LogP contribution in [-0.4, -0.2) is 39.7 Å². The molecule has 1 fully saturated rings. The molecule has 2 aromatic rings. The number of benzene rings is 1. The Morgan fingerprint density at radius 2 is 2.08 bits per heavy atom. The Bertz CT molecular complexity index is 787. The Labute approximate surface area is 151 Å². The molecule has 1 saturated heterocycles. The van der Waals surface area contributed by atoms with Crippen molar-refractivity contribution in [3.8, 4) is 5.69 Å². The van der Waals surface area contributed by atoms with E-state index in [0.717, 1.165) is 35.6 Å². The third-order valence-corrected chi connectivity index (χ3v) is 5.23. The Balaban J connectivity index is 1.86. The van der Waals surface area contributed by atoms with Gasteiger partial charge >= 0.3 is 0 Å². The first-order chi connectivity index (χ1) is 11.4. The molecule has 0 aliphatic carbocycles. The van der Waals surface area contributed by atoms with E-state index in [9.17, 15) is 4.79 Å². The van der Waals surface area contributed by atoms with Crippen LogP contribution in [0.15, 0.2) is 18.2 Å². The molecule has 0 unspecified atom stereocenters. The highest BCUT2D eigenvalue weighted by atomic mass is 35.5. The first kappa shape index (κ1) is 17.3. The minimum absolute atomic E-state index is 0.0927. The highest BCUT2D eigenvalue weighted by Crippen LogP contribution is 2.26. The molecule has 2 heterocycles. The molecular formula is C17H20Cl2N4O. The second-order valence-electron chi connectivity index (χ2n) is 6.22. The van der Waals surface area contributed by atoms with Crippen LogP contribution in [0.2, 0.25) is 10.0 Å². The highest BCUT2D eigenvalue weighted by molar-refractivity contribution is 6.42. The summed E-state index contributed by atoms with van der Waals surface area (Å²) in [5.74, 6) is 0.0999. The Morgan fingerprint density at radius 1 is 1.33 bits per heavy atom. The van der Waals surface area contributed by atoms with Crippen molar-refractivity contribution in [2.75, 3.05) is 13.1 Å². The van der Waals surface area contributed by atoms with Crippen molar-refractivity contribution < 1.29 is 4.79 Å². The average molecular weight is 367 g/mol. The summed E-state index contributed by atoms with van der Waals surface area (Å²) in [5.41, 5.74) is 9.44. The fourth-order valence-corrected chi connectivity index (χ4v) is 3.37. The summed E-state index contributed by atoms with van der Waals surface area (Å²) >= 11 is 12.1. The zero-order valence-corrected chi connectivity index (χ0v) is 15.2. The lowest BCUT2D eigenvalue weighted by atomic mass is 10.1. The van der Waals surface area contributed by atoms with Crippen molar-refractivity contribution in [1.29, 1.82) is 0 Å². The van der Waals surface area contributed by atoms with Crippen LogP contribution in [0.5, 0.6) is 0 Å². The van der Waals surface area contributed by atoms with Gasteiger partial charge in [-0.05, 0) is 38.5 Å². The lowest BCUT2D eigenvalue weighted by Gasteiger charge is -2.15. The van der Waals surface area contributed by atoms with Gasteiger partial charge in [0.2, 0.25) is 5.91 Å². The van der Waals surface area contributed by atoms with E-state index in [1.165, 1.54) is 0 Å². The maximum Gasteiger partial charge on any atom is 0.227 e.